The van der Waals surface area contributed by atoms with Crippen LogP contribution in [0.2, 0.25) is 5.02 Å². The molecule has 0 heterocycles. The molecule has 2 aromatic carbocycles. The van der Waals surface area contributed by atoms with Gasteiger partial charge in [-0.25, -0.2) is 4.79 Å². The number of ether oxygens (including phenoxy) is 1. The van der Waals surface area contributed by atoms with Gasteiger partial charge < -0.3 is 20.7 Å². The Morgan fingerprint density at radius 1 is 0.903 bits per heavy atom. The van der Waals surface area contributed by atoms with Crippen molar-refractivity contribution in [3.05, 3.63) is 59.1 Å². The van der Waals surface area contributed by atoms with Crippen LogP contribution < -0.4 is 16.0 Å². The highest BCUT2D eigenvalue weighted by Gasteiger charge is 2.16. The molecule has 3 N–H and O–H groups in total. The molecule has 0 atom stereocenters. The number of carbonyl (C=O) groups excluding carboxylic acids is 3. The van der Waals surface area contributed by atoms with E-state index in [2.05, 4.69) is 16.0 Å². The molecule has 2 rings (SSSR count). The maximum Gasteiger partial charge on any atom is 0.407 e. The van der Waals surface area contributed by atoms with Crippen molar-refractivity contribution in [3.8, 4) is 0 Å². The fourth-order valence-corrected chi connectivity index (χ4v) is 2.88. The summed E-state index contributed by atoms with van der Waals surface area (Å²) < 4.78 is 5.13. The highest BCUT2D eigenvalue weighted by Crippen LogP contribution is 2.22. The predicted octanol–water partition coefficient (Wildman–Crippen LogP) is 4.76. The molecule has 31 heavy (non-hydrogen) atoms. The first-order valence-electron chi connectivity index (χ1n) is 10.0. The highest BCUT2D eigenvalue weighted by atomic mass is 35.5. The van der Waals surface area contributed by atoms with Gasteiger partial charge in [0.05, 0.1) is 11.4 Å². The minimum absolute atomic E-state index is 0.0658. The fraction of sp³-hybridized carbons (Fsp3) is 0.348. The predicted molar refractivity (Wildman–Crippen MR) is 122 cm³/mol. The molecular formula is C23H28ClN3O4. The number of para-hydroxylation sites is 2. The van der Waals surface area contributed by atoms with Crippen LogP contribution in [0.1, 0.15) is 39.2 Å². The van der Waals surface area contributed by atoms with E-state index in [1.165, 1.54) is 0 Å². The fourth-order valence-electron chi connectivity index (χ4n) is 2.67. The summed E-state index contributed by atoms with van der Waals surface area (Å²) in [6, 6.07) is 14.3. The van der Waals surface area contributed by atoms with E-state index in [4.69, 9.17) is 16.3 Å². The van der Waals surface area contributed by atoms with Crippen LogP contribution in [0.25, 0.3) is 0 Å². The normalized spacial score (nSPS) is 10.8. The Kier molecular flexibility index (Phi) is 8.88. The van der Waals surface area contributed by atoms with Gasteiger partial charge in [0.2, 0.25) is 11.8 Å². The number of hydrogen-bond acceptors (Lipinski definition) is 4. The third kappa shape index (κ3) is 9.53. The molecule has 8 heteroatoms. The molecular weight excluding hydrogens is 418 g/mol. The summed E-state index contributed by atoms with van der Waals surface area (Å²) in [5.74, 6) is -0.468. The standard InChI is InChI=1S/C23H28ClN3O4/c1-23(2,3)31-22(30)25-14-13-21(29)27-19-10-5-4-9-18(19)26-20(28)12-11-16-7-6-8-17(24)15-16/h4-10,15H,11-14H2,1-3H3,(H,25,30)(H,26,28)(H,27,29). The molecule has 3 amide bonds. The second-order valence-electron chi connectivity index (χ2n) is 7.95. The summed E-state index contributed by atoms with van der Waals surface area (Å²) in [6.45, 7) is 5.42. The largest absolute Gasteiger partial charge is 0.444 e. The van der Waals surface area contributed by atoms with Crippen LogP contribution in [0.15, 0.2) is 48.5 Å². The second kappa shape index (κ2) is 11.4. The topological polar surface area (TPSA) is 96.5 Å². The summed E-state index contributed by atoms with van der Waals surface area (Å²) >= 11 is 5.97. The maximum atomic E-state index is 12.4. The van der Waals surface area contributed by atoms with Gasteiger partial charge in [0.1, 0.15) is 5.60 Å². The first-order chi connectivity index (χ1) is 14.6. The van der Waals surface area contributed by atoms with Crippen molar-refractivity contribution in [1.82, 2.24) is 5.32 Å². The van der Waals surface area contributed by atoms with Crippen molar-refractivity contribution in [2.75, 3.05) is 17.2 Å². The molecule has 0 unspecified atom stereocenters. The van der Waals surface area contributed by atoms with Gasteiger partial charge in [-0.3, -0.25) is 9.59 Å². The Hall–Kier alpha value is -3.06. The monoisotopic (exact) mass is 445 g/mol. The number of anilines is 2. The molecule has 7 nitrogen and oxygen atoms in total. The number of hydrogen-bond donors (Lipinski definition) is 3. The average Bonchev–Trinajstić information content (AvgIpc) is 2.66. The smallest absolute Gasteiger partial charge is 0.407 e. The minimum Gasteiger partial charge on any atom is -0.444 e. The van der Waals surface area contributed by atoms with Crippen molar-refractivity contribution in [2.45, 2.75) is 45.6 Å². The number of amides is 3. The molecule has 0 fully saturated rings. The van der Waals surface area contributed by atoms with E-state index in [0.29, 0.717) is 22.8 Å². The number of nitrogens with one attached hydrogen (secondary N) is 3. The highest BCUT2D eigenvalue weighted by molar-refractivity contribution is 6.30. The average molecular weight is 446 g/mol. The molecule has 0 saturated heterocycles. The zero-order valence-corrected chi connectivity index (χ0v) is 18.7. The van der Waals surface area contributed by atoms with Crippen molar-refractivity contribution in [2.24, 2.45) is 0 Å². The van der Waals surface area contributed by atoms with Crippen LogP contribution in [0.3, 0.4) is 0 Å². The van der Waals surface area contributed by atoms with Crippen molar-refractivity contribution in [3.63, 3.8) is 0 Å². The van der Waals surface area contributed by atoms with Crippen LogP contribution in [0.4, 0.5) is 16.2 Å². The molecule has 0 aliphatic rings. The Morgan fingerprint density at radius 2 is 1.52 bits per heavy atom. The quantitative estimate of drug-likeness (QED) is 0.545. The first-order valence-corrected chi connectivity index (χ1v) is 10.4. The van der Waals surface area contributed by atoms with Gasteiger partial charge in [-0.05, 0) is 57.0 Å². The van der Waals surface area contributed by atoms with Crippen LogP contribution >= 0.6 is 11.6 Å². The van der Waals surface area contributed by atoms with E-state index < -0.39 is 11.7 Å². The van der Waals surface area contributed by atoms with Gasteiger partial charge in [-0.1, -0.05) is 35.9 Å². The molecule has 0 aliphatic heterocycles. The van der Waals surface area contributed by atoms with E-state index in [1.807, 2.05) is 18.2 Å². The molecule has 0 radical (unpaired) electrons. The Morgan fingerprint density at radius 3 is 2.10 bits per heavy atom. The zero-order chi connectivity index (χ0) is 22.9. The van der Waals surface area contributed by atoms with Gasteiger partial charge in [0, 0.05) is 24.4 Å². The minimum atomic E-state index is -0.601. The van der Waals surface area contributed by atoms with E-state index in [0.717, 1.165) is 5.56 Å². The summed E-state index contributed by atoms with van der Waals surface area (Å²) in [7, 11) is 0. The first kappa shape index (κ1) is 24.2. The molecule has 0 aromatic heterocycles. The van der Waals surface area contributed by atoms with Crippen molar-refractivity contribution < 1.29 is 19.1 Å². The van der Waals surface area contributed by atoms with E-state index in [9.17, 15) is 14.4 Å². The zero-order valence-electron chi connectivity index (χ0n) is 18.0. The number of aryl methyl sites for hydroxylation is 1. The molecule has 2 aromatic rings. The van der Waals surface area contributed by atoms with Gasteiger partial charge in [0.15, 0.2) is 0 Å². The number of alkyl carbamates (subject to hydrolysis) is 1. The number of benzene rings is 2. The van der Waals surface area contributed by atoms with Gasteiger partial charge in [-0.2, -0.15) is 0 Å². The molecule has 0 bridgehead atoms. The summed E-state index contributed by atoms with van der Waals surface area (Å²) in [5.41, 5.74) is 1.37. The van der Waals surface area contributed by atoms with Crippen molar-refractivity contribution in [1.29, 1.82) is 0 Å². The SMILES string of the molecule is CC(C)(C)OC(=O)NCCC(=O)Nc1ccccc1NC(=O)CCc1cccc(Cl)c1. The maximum absolute atomic E-state index is 12.4. The van der Waals surface area contributed by atoms with Crippen LogP contribution in [0, 0.1) is 0 Å². The lowest BCUT2D eigenvalue weighted by Crippen LogP contribution is -2.34. The van der Waals surface area contributed by atoms with E-state index in [-0.39, 0.29) is 31.2 Å². The summed E-state index contributed by atoms with van der Waals surface area (Å²) in [6.07, 6.45) is 0.323. The van der Waals surface area contributed by atoms with Gasteiger partial charge >= 0.3 is 6.09 Å². The Bertz CT molecular complexity index is 925. The third-order valence-corrected chi connectivity index (χ3v) is 4.26. The number of carbonyl (C=O) groups is 3. The second-order valence-corrected chi connectivity index (χ2v) is 8.39. The number of halogens is 1. The van der Waals surface area contributed by atoms with Crippen LogP contribution in [-0.2, 0) is 20.7 Å². The molecule has 0 spiro atoms. The van der Waals surface area contributed by atoms with Gasteiger partial charge in [-0.15, -0.1) is 0 Å². The Labute approximate surface area is 187 Å². The number of rotatable bonds is 8. The van der Waals surface area contributed by atoms with Crippen LogP contribution in [0.5, 0.6) is 0 Å². The molecule has 0 aliphatic carbocycles. The molecule has 166 valence electrons. The third-order valence-electron chi connectivity index (χ3n) is 4.03. The summed E-state index contributed by atoms with van der Waals surface area (Å²) in [5, 5.41) is 8.75. The lowest BCUT2D eigenvalue weighted by Gasteiger charge is -2.19. The molecule has 0 saturated carbocycles. The van der Waals surface area contributed by atoms with Gasteiger partial charge in [0.25, 0.3) is 0 Å². The van der Waals surface area contributed by atoms with Crippen LogP contribution in [-0.4, -0.2) is 30.1 Å². The van der Waals surface area contributed by atoms with E-state index >= 15 is 0 Å². The van der Waals surface area contributed by atoms with Crippen molar-refractivity contribution >= 4 is 40.9 Å². The summed E-state index contributed by atoms with van der Waals surface area (Å²) in [4.78, 5) is 36.2. The lowest BCUT2D eigenvalue weighted by atomic mass is 10.1. The lowest BCUT2D eigenvalue weighted by molar-refractivity contribution is -0.117. The Balaban J connectivity index is 1.83. The van der Waals surface area contributed by atoms with E-state index in [1.54, 1.807) is 51.1 Å².